The van der Waals surface area contributed by atoms with Crippen molar-refractivity contribution in [3.63, 3.8) is 0 Å². The molecule has 0 radical (unpaired) electrons. The Morgan fingerprint density at radius 2 is 1.92 bits per heavy atom. The molecule has 6 nitrogen and oxygen atoms in total. The van der Waals surface area contributed by atoms with E-state index in [1.54, 1.807) is 11.3 Å². The number of ether oxygens (including phenoxy) is 2. The normalized spacial score (nSPS) is 23.9. The molecule has 7 heteroatoms. The smallest absolute Gasteiger partial charge is 0.234 e. The molecule has 2 aliphatic heterocycles. The summed E-state index contributed by atoms with van der Waals surface area (Å²) in [7, 11) is 0. The molecule has 0 N–H and O–H groups in total. The van der Waals surface area contributed by atoms with Gasteiger partial charge in [-0.3, -0.25) is 4.79 Å². The van der Waals surface area contributed by atoms with Crippen molar-refractivity contribution in [1.82, 2.24) is 10.1 Å². The Balaban J connectivity index is 1.32. The van der Waals surface area contributed by atoms with Gasteiger partial charge in [0.1, 0.15) is 0 Å². The minimum absolute atomic E-state index is 0.173. The van der Waals surface area contributed by atoms with Crippen molar-refractivity contribution in [2.75, 3.05) is 26.3 Å². The minimum Gasteiger partial charge on any atom is -0.355 e. The molecular weight excluding hydrogens is 340 g/mol. The zero-order chi connectivity index (χ0) is 16.9. The van der Waals surface area contributed by atoms with Crippen molar-refractivity contribution >= 4 is 17.2 Å². The molecule has 2 saturated heterocycles. The monoisotopic (exact) mass is 360 g/mol. The van der Waals surface area contributed by atoms with Gasteiger partial charge in [-0.05, 0) is 24.3 Å². The molecule has 2 aromatic rings. The summed E-state index contributed by atoms with van der Waals surface area (Å²) in [4.78, 5) is 16.1. The standard InChI is InChI=1S/C18H20N2O4S/c21-16(20-7-5-18(6-8-20)22-9-10-23-18)17(3-4-17)15-12-13(24-19-15)14-2-1-11-25-14/h1-2,11-12H,3-10H2. The van der Waals surface area contributed by atoms with Crippen molar-refractivity contribution in [3.8, 4) is 10.6 Å². The summed E-state index contributed by atoms with van der Waals surface area (Å²) < 4.78 is 17.0. The van der Waals surface area contributed by atoms with E-state index in [-0.39, 0.29) is 5.91 Å². The van der Waals surface area contributed by atoms with Crippen LogP contribution >= 0.6 is 11.3 Å². The van der Waals surface area contributed by atoms with Crippen LogP contribution in [0.25, 0.3) is 10.6 Å². The van der Waals surface area contributed by atoms with Gasteiger partial charge in [0.25, 0.3) is 0 Å². The number of thiophene rings is 1. The van der Waals surface area contributed by atoms with Gasteiger partial charge in [0, 0.05) is 32.0 Å². The van der Waals surface area contributed by atoms with E-state index in [1.807, 2.05) is 28.5 Å². The summed E-state index contributed by atoms with van der Waals surface area (Å²) in [6.45, 7) is 2.66. The maximum atomic E-state index is 13.1. The van der Waals surface area contributed by atoms with Crippen molar-refractivity contribution in [2.45, 2.75) is 36.9 Å². The van der Waals surface area contributed by atoms with Crippen molar-refractivity contribution in [1.29, 1.82) is 0 Å². The highest BCUT2D eigenvalue weighted by Gasteiger charge is 2.56. The Morgan fingerprint density at radius 3 is 2.56 bits per heavy atom. The first-order valence-electron chi connectivity index (χ1n) is 8.79. The van der Waals surface area contributed by atoms with Crippen molar-refractivity contribution in [3.05, 3.63) is 29.3 Å². The van der Waals surface area contributed by atoms with E-state index < -0.39 is 11.2 Å². The predicted octanol–water partition coefficient (Wildman–Crippen LogP) is 2.80. The van der Waals surface area contributed by atoms with Crippen LogP contribution < -0.4 is 0 Å². The highest BCUT2D eigenvalue weighted by molar-refractivity contribution is 7.13. The summed E-state index contributed by atoms with van der Waals surface area (Å²) in [5.74, 6) is 0.467. The number of carbonyl (C=O) groups is 1. The van der Waals surface area contributed by atoms with Crippen LogP contribution in [0.3, 0.4) is 0 Å². The Hall–Kier alpha value is -1.70. The van der Waals surface area contributed by atoms with Gasteiger partial charge >= 0.3 is 0 Å². The van der Waals surface area contributed by atoms with Crippen LogP contribution in [0.2, 0.25) is 0 Å². The Bertz CT molecular complexity index is 765. The number of likely N-dealkylation sites (tertiary alicyclic amines) is 1. The molecule has 1 aliphatic carbocycles. The van der Waals surface area contributed by atoms with Crippen LogP contribution in [0, 0.1) is 0 Å². The lowest BCUT2D eigenvalue weighted by atomic mass is 9.96. The molecule has 4 heterocycles. The molecule has 25 heavy (non-hydrogen) atoms. The molecule has 1 amide bonds. The third-order valence-electron chi connectivity index (χ3n) is 5.55. The van der Waals surface area contributed by atoms with E-state index >= 15 is 0 Å². The number of hydrogen-bond acceptors (Lipinski definition) is 6. The fourth-order valence-electron chi connectivity index (χ4n) is 3.88. The second-order valence-electron chi connectivity index (χ2n) is 7.04. The van der Waals surface area contributed by atoms with Crippen LogP contribution in [-0.4, -0.2) is 48.1 Å². The molecular formula is C18H20N2O4S. The first kappa shape index (κ1) is 15.5. The third-order valence-corrected chi connectivity index (χ3v) is 6.43. The number of piperidine rings is 1. The highest BCUT2D eigenvalue weighted by Crippen LogP contribution is 2.50. The topological polar surface area (TPSA) is 64.8 Å². The molecule has 1 saturated carbocycles. The summed E-state index contributed by atoms with van der Waals surface area (Å²) in [5.41, 5.74) is 0.288. The molecule has 3 aliphatic rings. The number of nitrogens with zero attached hydrogens (tertiary/aromatic N) is 2. The minimum atomic E-state index is -0.485. The van der Waals surface area contributed by atoms with Crippen LogP contribution in [0.4, 0.5) is 0 Å². The lowest BCUT2D eigenvalue weighted by Gasteiger charge is -2.38. The van der Waals surface area contributed by atoms with Gasteiger partial charge < -0.3 is 18.9 Å². The molecule has 0 aromatic carbocycles. The van der Waals surface area contributed by atoms with Gasteiger partial charge in [-0.2, -0.15) is 0 Å². The Labute approximate surface area is 149 Å². The van der Waals surface area contributed by atoms with Crippen LogP contribution in [0.5, 0.6) is 0 Å². The third kappa shape index (κ3) is 2.53. The lowest BCUT2D eigenvalue weighted by Crippen LogP contribution is -2.50. The van der Waals surface area contributed by atoms with E-state index in [2.05, 4.69) is 5.16 Å². The number of rotatable bonds is 3. The molecule has 132 valence electrons. The molecule has 5 rings (SSSR count). The number of carbonyl (C=O) groups excluding carboxylic acids is 1. The zero-order valence-corrected chi connectivity index (χ0v) is 14.7. The summed E-state index contributed by atoms with van der Waals surface area (Å²) in [5, 5.41) is 6.23. The highest BCUT2D eigenvalue weighted by atomic mass is 32.1. The Kier molecular flexibility index (Phi) is 3.52. The van der Waals surface area contributed by atoms with E-state index in [0.717, 1.165) is 42.0 Å². The SMILES string of the molecule is O=C(N1CCC2(CC1)OCCO2)C1(c2cc(-c3cccs3)on2)CC1. The second kappa shape index (κ2) is 5.65. The fourth-order valence-corrected chi connectivity index (χ4v) is 4.55. The van der Waals surface area contributed by atoms with Crippen LogP contribution in [-0.2, 0) is 19.7 Å². The molecule has 2 aromatic heterocycles. The predicted molar refractivity (Wildman–Crippen MR) is 91.2 cm³/mol. The number of aromatic nitrogens is 1. The number of hydrogen-bond donors (Lipinski definition) is 0. The Morgan fingerprint density at radius 1 is 1.16 bits per heavy atom. The maximum Gasteiger partial charge on any atom is 0.234 e. The average molecular weight is 360 g/mol. The van der Waals surface area contributed by atoms with Gasteiger partial charge in [-0.25, -0.2) is 0 Å². The fraction of sp³-hybridized carbons (Fsp3) is 0.556. The molecule has 0 unspecified atom stereocenters. The molecule has 0 bridgehead atoms. The van der Waals surface area contributed by atoms with E-state index in [9.17, 15) is 4.79 Å². The molecule has 1 spiro atoms. The summed E-state index contributed by atoms with van der Waals surface area (Å²) in [6, 6.07) is 5.92. The number of amides is 1. The van der Waals surface area contributed by atoms with Gasteiger partial charge in [0.2, 0.25) is 5.91 Å². The van der Waals surface area contributed by atoms with Gasteiger partial charge in [-0.1, -0.05) is 11.2 Å². The van der Waals surface area contributed by atoms with Crippen LogP contribution in [0.1, 0.15) is 31.4 Å². The zero-order valence-electron chi connectivity index (χ0n) is 13.9. The average Bonchev–Trinajstić information content (AvgIpc) is 3.09. The van der Waals surface area contributed by atoms with Gasteiger partial charge in [-0.15, -0.1) is 11.3 Å². The maximum absolute atomic E-state index is 13.1. The van der Waals surface area contributed by atoms with E-state index in [4.69, 9.17) is 14.0 Å². The lowest BCUT2D eigenvalue weighted by molar-refractivity contribution is -0.188. The quantitative estimate of drug-likeness (QED) is 0.842. The van der Waals surface area contributed by atoms with Crippen molar-refractivity contribution in [2.24, 2.45) is 0 Å². The largest absolute Gasteiger partial charge is 0.355 e. The van der Waals surface area contributed by atoms with Crippen molar-refractivity contribution < 1.29 is 18.8 Å². The van der Waals surface area contributed by atoms with Gasteiger partial charge in [0.15, 0.2) is 11.5 Å². The summed E-state index contributed by atoms with van der Waals surface area (Å²) in [6.07, 6.45) is 3.18. The molecule has 0 atom stereocenters. The van der Waals surface area contributed by atoms with Crippen LogP contribution in [0.15, 0.2) is 28.1 Å². The van der Waals surface area contributed by atoms with E-state index in [1.165, 1.54) is 0 Å². The van der Waals surface area contributed by atoms with Gasteiger partial charge in [0.05, 0.1) is 29.2 Å². The molecule has 3 fully saturated rings. The van der Waals surface area contributed by atoms with E-state index in [0.29, 0.717) is 26.3 Å². The first-order chi connectivity index (χ1) is 12.2. The first-order valence-corrected chi connectivity index (χ1v) is 9.67. The second-order valence-corrected chi connectivity index (χ2v) is 7.98. The summed E-state index contributed by atoms with van der Waals surface area (Å²) >= 11 is 1.61.